The number of carbonyl (C=O) groups is 1. The summed E-state index contributed by atoms with van der Waals surface area (Å²) in [4.78, 5) is 11.2. The summed E-state index contributed by atoms with van der Waals surface area (Å²) < 4.78 is 10.8. The summed E-state index contributed by atoms with van der Waals surface area (Å²) >= 11 is 0. The number of hydrogen-bond acceptors (Lipinski definition) is 3. The minimum absolute atomic E-state index is 0.310. The molecule has 0 heterocycles. The molecule has 0 saturated heterocycles. The van der Waals surface area contributed by atoms with Crippen molar-refractivity contribution >= 4 is 5.97 Å². The van der Waals surface area contributed by atoms with Gasteiger partial charge in [0.1, 0.15) is 5.75 Å². The van der Waals surface area contributed by atoms with Crippen molar-refractivity contribution in [2.75, 3.05) is 13.2 Å². The average Bonchev–Trinajstić information content (AvgIpc) is 2.70. The zero-order valence-electron chi connectivity index (χ0n) is 16.8. The molecule has 3 heteroatoms. The second-order valence-corrected chi connectivity index (χ2v) is 6.82. The average molecular weight is 376 g/mol. The van der Waals surface area contributed by atoms with Gasteiger partial charge in [-0.25, -0.2) is 4.79 Å². The molecule has 146 valence electrons. The molecule has 3 nitrogen and oxygen atoms in total. The van der Waals surface area contributed by atoms with E-state index in [-0.39, 0.29) is 5.97 Å². The largest absolute Gasteiger partial charge is 0.494 e. The summed E-state index contributed by atoms with van der Waals surface area (Å²) in [7, 11) is 0. The van der Waals surface area contributed by atoms with E-state index in [2.05, 4.69) is 37.5 Å². The lowest BCUT2D eigenvalue weighted by Gasteiger charge is -2.07. The number of esters is 1. The van der Waals surface area contributed by atoms with Gasteiger partial charge in [0, 0.05) is 16.7 Å². The molecular weight excluding hydrogens is 348 g/mol. The van der Waals surface area contributed by atoms with Crippen molar-refractivity contribution in [3.63, 3.8) is 0 Å². The Balaban J connectivity index is 1.62. The fourth-order valence-corrected chi connectivity index (χ4v) is 2.45. The number of unbranched alkanes of at least 4 members (excludes halogenated alkanes) is 3. The highest BCUT2D eigenvalue weighted by Crippen LogP contribution is 2.13. The maximum atomic E-state index is 11.2. The second kappa shape index (κ2) is 11.7. The van der Waals surface area contributed by atoms with Crippen molar-refractivity contribution in [2.24, 2.45) is 0 Å². The zero-order chi connectivity index (χ0) is 20.2. The first kappa shape index (κ1) is 21.3. The smallest absolute Gasteiger partial charge is 0.333 e. The first-order chi connectivity index (χ1) is 13.5. The lowest BCUT2D eigenvalue weighted by molar-refractivity contribution is -0.139. The van der Waals surface area contributed by atoms with Crippen LogP contribution in [0.1, 0.15) is 49.3 Å². The summed E-state index contributed by atoms with van der Waals surface area (Å²) in [5, 5.41) is 0. The van der Waals surface area contributed by atoms with Gasteiger partial charge < -0.3 is 9.47 Å². The Kier molecular flexibility index (Phi) is 8.88. The third-order valence-electron chi connectivity index (χ3n) is 4.15. The summed E-state index contributed by atoms with van der Waals surface area (Å²) in [5.41, 5.74) is 3.66. The summed E-state index contributed by atoms with van der Waals surface area (Å²) in [6.07, 6.45) is 3.90. The summed E-state index contributed by atoms with van der Waals surface area (Å²) in [5.74, 6) is 6.89. The number of rotatable bonds is 9. The van der Waals surface area contributed by atoms with Crippen LogP contribution in [0.15, 0.2) is 60.7 Å². The number of ether oxygens (including phenoxy) is 2. The number of aryl methyl sites for hydroxylation is 1. The second-order valence-electron chi connectivity index (χ2n) is 6.82. The highest BCUT2D eigenvalue weighted by atomic mass is 16.5. The van der Waals surface area contributed by atoms with Gasteiger partial charge in [0.25, 0.3) is 0 Å². The molecule has 0 aliphatic rings. The van der Waals surface area contributed by atoms with Crippen LogP contribution < -0.4 is 4.74 Å². The molecule has 28 heavy (non-hydrogen) atoms. The monoisotopic (exact) mass is 376 g/mol. The molecule has 0 N–H and O–H groups in total. The third-order valence-corrected chi connectivity index (χ3v) is 4.15. The van der Waals surface area contributed by atoms with Crippen LogP contribution in [-0.4, -0.2) is 19.2 Å². The van der Waals surface area contributed by atoms with E-state index >= 15 is 0 Å². The highest BCUT2D eigenvalue weighted by molar-refractivity contribution is 5.86. The molecule has 0 radical (unpaired) electrons. The molecule has 0 spiro atoms. The fraction of sp³-hybridized carbons (Fsp3) is 0.320. The standard InChI is InChI=1S/C25H28O3/c1-20(2)25(26)28-19-7-5-4-6-18-27-24-16-14-23(15-17-24)13-12-22-10-8-21(3)9-11-22/h8-11,14-17H,1,4-7,18-19H2,2-3H3. The van der Waals surface area contributed by atoms with Crippen molar-refractivity contribution in [1.29, 1.82) is 0 Å². The van der Waals surface area contributed by atoms with E-state index in [9.17, 15) is 4.79 Å². The van der Waals surface area contributed by atoms with Crippen LogP contribution in [0.4, 0.5) is 0 Å². The van der Waals surface area contributed by atoms with Crippen LogP contribution in [-0.2, 0) is 9.53 Å². The van der Waals surface area contributed by atoms with E-state index in [1.807, 2.05) is 36.4 Å². The van der Waals surface area contributed by atoms with Gasteiger partial charge in [-0.1, -0.05) is 36.1 Å². The van der Waals surface area contributed by atoms with E-state index in [1.54, 1.807) is 6.92 Å². The summed E-state index contributed by atoms with van der Waals surface area (Å²) in [6, 6.07) is 16.1. The molecule has 0 aromatic heterocycles. The van der Waals surface area contributed by atoms with Gasteiger partial charge in [-0.3, -0.25) is 0 Å². The Hall–Kier alpha value is -2.99. The first-order valence-electron chi connectivity index (χ1n) is 9.69. The fourth-order valence-electron chi connectivity index (χ4n) is 2.45. The molecular formula is C25H28O3. The Morgan fingerprint density at radius 1 is 0.857 bits per heavy atom. The Morgan fingerprint density at radius 3 is 1.96 bits per heavy atom. The molecule has 2 aromatic rings. The number of benzene rings is 2. The Bertz CT molecular complexity index is 821. The molecule has 0 fully saturated rings. The predicted molar refractivity (Wildman–Crippen MR) is 113 cm³/mol. The van der Waals surface area contributed by atoms with Gasteiger partial charge in [0.2, 0.25) is 0 Å². The van der Waals surface area contributed by atoms with E-state index < -0.39 is 0 Å². The van der Waals surface area contributed by atoms with Crippen LogP contribution in [0.25, 0.3) is 0 Å². The quantitative estimate of drug-likeness (QED) is 0.252. The molecule has 2 aromatic carbocycles. The normalized spacial score (nSPS) is 9.93. The molecule has 0 unspecified atom stereocenters. The van der Waals surface area contributed by atoms with Gasteiger partial charge in [-0.15, -0.1) is 0 Å². The van der Waals surface area contributed by atoms with Crippen LogP contribution in [0, 0.1) is 18.8 Å². The molecule has 0 amide bonds. The van der Waals surface area contributed by atoms with Crippen molar-refractivity contribution in [3.05, 3.63) is 77.4 Å². The maximum Gasteiger partial charge on any atom is 0.333 e. The minimum atomic E-state index is -0.310. The maximum absolute atomic E-state index is 11.2. The first-order valence-corrected chi connectivity index (χ1v) is 9.69. The minimum Gasteiger partial charge on any atom is -0.494 e. The highest BCUT2D eigenvalue weighted by Gasteiger charge is 2.01. The van der Waals surface area contributed by atoms with Crippen molar-refractivity contribution in [3.8, 4) is 17.6 Å². The van der Waals surface area contributed by atoms with Gasteiger partial charge in [0.05, 0.1) is 13.2 Å². The number of hydrogen-bond donors (Lipinski definition) is 0. The van der Waals surface area contributed by atoms with E-state index in [0.717, 1.165) is 42.6 Å². The van der Waals surface area contributed by atoms with Gasteiger partial charge in [0.15, 0.2) is 0 Å². The van der Waals surface area contributed by atoms with Crippen LogP contribution in [0.3, 0.4) is 0 Å². The van der Waals surface area contributed by atoms with E-state index in [1.165, 1.54) is 5.56 Å². The van der Waals surface area contributed by atoms with Gasteiger partial charge >= 0.3 is 5.97 Å². The van der Waals surface area contributed by atoms with Crippen LogP contribution in [0.5, 0.6) is 5.75 Å². The van der Waals surface area contributed by atoms with Crippen LogP contribution >= 0.6 is 0 Å². The van der Waals surface area contributed by atoms with Gasteiger partial charge in [-0.05, 0) is 75.9 Å². The van der Waals surface area contributed by atoms with Crippen molar-refractivity contribution < 1.29 is 14.3 Å². The SMILES string of the molecule is C=C(C)C(=O)OCCCCCCOc1ccc(C#Cc2ccc(C)cc2)cc1. The Morgan fingerprint density at radius 2 is 1.39 bits per heavy atom. The zero-order valence-corrected chi connectivity index (χ0v) is 16.8. The molecule has 0 saturated carbocycles. The van der Waals surface area contributed by atoms with Crippen molar-refractivity contribution in [2.45, 2.75) is 39.5 Å². The lowest BCUT2D eigenvalue weighted by atomic mass is 10.1. The summed E-state index contributed by atoms with van der Waals surface area (Å²) in [6.45, 7) is 8.42. The van der Waals surface area contributed by atoms with Crippen molar-refractivity contribution in [1.82, 2.24) is 0 Å². The molecule has 2 rings (SSSR count). The Labute approximate surface area is 168 Å². The lowest BCUT2D eigenvalue weighted by Crippen LogP contribution is -2.06. The topological polar surface area (TPSA) is 35.5 Å². The molecule has 0 aliphatic heterocycles. The predicted octanol–water partition coefficient (Wildman–Crippen LogP) is 5.45. The molecule has 0 atom stereocenters. The molecule has 0 bridgehead atoms. The van der Waals surface area contributed by atoms with E-state index in [4.69, 9.17) is 9.47 Å². The van der Waals surface area contributed by atoms with Crippen LogP contribution in [0.2, 0.25) is 0 Å². The van der Waals surface area contributed by atoms with E-state index in [0.29, 0.717) is 18.8 Å². The molecule has 0 aliphatic carbocycles. The third kappa shape index (κ3) is 8.14. The van der Waals surface area contributed by atoms with Gasteiger partial charge in [-0.2, -0.15) is 0 Å². The number of carbonyl (C=O) groups excluding carboxylic acids is 1.